The van der Waals surface area contributed by atoms with Gasteiger partial charge in [-0.2, -0.15) is 0 Å². The minimum Gasteiger partial charge on any atom is -0.369 e. The first-order valence-corrected chi connectivity index (χ1v) is 6.20. The number of aryl methyl sites for hydroxylation is 4. The molecule has 2 aromatic heterocycles. The monoisotopic (exact) mass is 256 g/mol. The molecule has 0 atom stereocenters. The summed E-state index contributed by atoms with van der Waals surface area (Å²) in [5, 5.41) is 7.95. The van der Waals surface area contributed by atoms with Crippen molar-refractivity contribution in [1.29, 1.82) is 0 Å². The number of hydrogen-bond acceptors (Lipinski definition) is 4. The third kappa shape index (κ3) is 2.05. The molecule has 98 valence electrons. The highest BCUT2D eigenvalue weighted by molar-refractivity contribution is 5.79. The first-order chi connectivity index (χ1) is 9.15. The zero-order valence-electron chi connectivity index (χ0n) is 11.0. The largest absolute Gasteiger partial charge is 0.369 e. The van der Waals surface area contributed by atoms with Crippen LogP contribution in [0.1, 0.15) is 11.4 Å². The van der Waals surface area contributed by atoms with Gasteiger partial charge < -0.3 is 14.9 Å². The predicted octanol–water partition coefficient (Wildman–Crippen LogP) is 1.30. The third-order valence-electron chi connectivity index (χ3n) is 3.30. The maximum atomic E-state index is 5.99. The second-order valence-electron chi connectivity index (χ2n) is 4.72. The highest BCUT2D eigenvalue weighted by Crippen LogP contribution is 2.19. The molecule has 0 unspecified atom stereocenters. The molecular weight excluding hydrogens is 240 g/mol. The smallest absolute Gasteiger partial charge is 0.201 e. The van der Waals surface area contributed by atoms with Crippen LogP contribution in [0, 0.1) is 6.92 Å². The number of aromatic nitrogens is 5. The van der Waals surface area contributed by atoms with Crippen molar-refractivity contribution in [3.05, 3.63) is 35.9 Å². The number of fused-ring (bicyclic) bond motifs is 1. The van der Waals surface area contributed by atoms with Crippen LogP contribution < -0.4 is 5.73 Å². The molecule has 0 radical (unpaired) electrons. The molecule has 0 aliphatic heterocycles. The summed E-state index contributed by atoms with van der Waals surface area (Å²) < 4.78 is 3.93. The van der Waals surface area contributed by atoms with Crippen molar-refractivity contribution < 1.29 is 0 Å². The maximum absolute atomic E-state index is 5.99. The van der Waals surface area contributed by atoms with Gasteiger partial charge in [0.05, 0.1) is 11.0 Å². The van der Waals surface area contributed by atoms with E-state index in [4.69, 9.17) is 5.73 Å². The summed E-state index contributed by atoms with van der Waals surface area (Å²) in [5.74, 6) is 1.48. The summed E-state index contributed by atoms with van der Waals surface area (Å²) in [4.78, 5) is 4.39. The Morgan fingerprint density at radius 3 is 2.89 bits per heavy atom. The second kappa shape index (κ2) is 4.38. The van der Waals surface area contributed by atoms with E-state index >= 15 is 0 Å². The van der Waals surface area contributed by atoms with Crippen LogP contribution in [0.3, 0.4) is 0 Å². The third-order valence-corrected chi connectivity index (χ3v) is 3.30. The van der Waals surface area contributed by atoms with Gasteiger partial charge >= 0.3 is 0 Å². The summed E-state index contributed by atoms with van der Waals surface area (Å²) in [7, 11) is 1.94. The van der Waals surface area contributed by atoms with E-state index in [0.717, 1.165) is 29.8 Å². The lowest BCUT2D eigenvalue weighted by Gasteiger charge is -2.06. The Bertz CT molecular complexity index is 724. The number of nitrogens with zero attached hydrogens (tertiary/aromatic N) is 5. The summed E-state index contributed by atoms with van der Waals surface area (Å²) in [6.07, 6.45) is 2.48. The Balaban J connectivity index is 1.92. The number of nitrogens with two attached hydrogens (primary N) is 1. The van der Waals surface area contributed by atoms with Crippen LogP contribution in [0.15, 0.2) is 24.5 Å². The van der Waals surface area contributed by atoms with Crippen LogP contribution in [0.25, 0.3) is 11.0 Å². The first-order valence-electron chi connectivity index (χ1n) is 6.20. The zero-order valence-corrected chi connectivity index (χ0v) is 11.0. The molecule has 0 amide bonds. The minimum absolute atomic E-state index is 0.544. The normalized spacial score (nSPS) is 11.3. The van der Waals surface area contributed by atoms with Gasteiger partial charge in [0.2, 0.25) is 5.95 Å². The van der Waals surface area contributed by atoms with Gasteiger partial charge in [-0.3, -0.25) is 0 Å². The lowest BCUT2D eigenvalue weighted by atomic mass is 10.2. The molecular formula is C13H16N6. The maximum Gasteiger partial charge on any atom is 0.201 e. The van der Waals surface area contributed by atoms with Gasteiger partial charge in [-0.05, 0) is 24.6 Å². The quantitative estimate of drug-likeness (QED) is 0.766. The number of hydrogen-bond donors (Lipinski definition) is 1. The molecule has 1 aromatic carbocycles. The fourth-order valence-corrected chi connectivity index (χ4v) is 2.24. The molecule has 0 bridgehead atoms. The fraction of sp³-hybridized carbons (Fsp3) is 0.308. The molecule has 0 fully saturated rings. The number of imidazole rings is 1. The Morgan fingerprint density at radius 1 is 1.32 bits per heavy atom. The van der Waals surface area contributed by atoms with E-state index in [-0.39, 0.29) is 0 Å². The molecule has 0 saturated heterocycles. The highest BCUT2D eigenvalue weighted by Gasteiger charge is 2.09. The van der Waals surface area contributed by atoms with Crippen molar-refractivity contribution >= 4 is 17.0 Å². The van der Waals surface area contributed by atoms with Gasteiger partial charge in [-0.25, -0.2) is 4.98 Å². The van der Waals surface area contributed by atoms with E-state index in [0.29, 0.717) is 5.95 Å². The molecule has 2 N–H and O–H groups in total. The summed E-state index contributed by atoms with van der Waals surface area (Å²) in [6.45, 7) is 2.80. The summed E-state index contributed by atoms with van der Waals surface area (Å²) >= 11 is 0. The number of benzene rings is 1. The molecule has 0 spiro atoms. The lowest BCUT2D eigenvalue weighted by Crippen LogP contribution is -2.08. The first kappa shape index (κ1) is 11.7. The van der Waals surface area contributed by atoms with Crippen molar-refractivity contribution in [1.82, 2.24) is 24.3 Å². The minimum atomic E-state index is 0.544. The van der Waals surface area contributed by atoms with E-state index in [1.165, 1.54) is 5.56 Å². The van der Waals surface area contributed by atoms with E-state index in [1.54, 1.807) is 6.33 Å². The van der Waals surface area contributed by atoms with Gasteiger partial charge in [0.15, 0.2) is 0 Å². The average molecular weight is 256 g/mol. The average Bonchev–Trinajstić information content (AvgIpc) is 2.90. The van der Waals surface area contributed by atoms with Gasteiger partial charge in [0.1, 0.15) is 12.2 Å². The van der Waals surface area contributed by atoms with E-state index in [2.05, 4.69) is 27.3 Å². The molecule has 19 heavy (non-hydrogen) atoms. The van der Waals surface area contributed by atoms with E-state index in [1.807, 2.05) is 29.2 Å². The Morgan fingerprint density at radius 2 is 2.16 bits per heavy atom. The number of nitrogen functional groups attached to an aromatic ring is 1. The van der Waals surface area contributed by atoms with Crippen molar-refractivity contribution in [2.75, 3.05) is 5.73 Å². The van der Waals surface area contributed by atoms with Gasteiger partial charge in [0.25, 0.3) is 0 Å². The van der Waals surface area contributed by atoms with Crippen LogP contribution in [-0.2, 0) is 20.0 Å². The summed E-state index contributed by atoms with van der Waals surface area (Å²) in [6, 6.07) is 6.18. The molecule has 6 heteroatoms. The van der Waals surface area contributed by atoms with Crippen LogP contribution in [-0.4, -0.2) is 24.3 Å². The predicted molar refractivity (Wildman–Crippen MR) is 73.6 cm³/mol. The summed E-state index contributed by atoms with van der Waals surface area (Å²) in [5.41, 5.74) is 9.18. The van der Waals surface area contributed by atoms with Crippen LogP contribution in [0.2, 0.25) is 0 Å². The molecule has 0 saturated carbocycles. The van der Waals surface area contributed by atoms with Crippen LogP contribution in [0.5, 0.6) is 0 Å². The Hall–Kier alpha value is -2.37. The lowest BCUT2D eigenvalue weighted by molar-refractivity contribution is 0.668. The van der Waals surface area contributed by atoms with Crippen molar-refractivity contribution in [2.45, 2.75) is 19.9 Å². The number of anilines is 1. The second-order valence-corrected chi connectivity index (χ2v) is 4.72. The SMILES string of the molecule is Cc1ccc2c(c1)nc(N)n2CCc1nncn1C. The molecule has 6 nitrogen and oxygen atoms in total. The topological polar surface area (TPSA) is 74.6 Å². The van der Waals surface area contributed by atoms with Crippen LogP contribution in [0.4, 0.5) is 5.95 Å². The van der Waals surface area contributed by atoms with Crippen molar-refractivity contribution in [2.24, 2.45) is 7.05 Å². The molecule has 0 aliphatic rings. The Labute approximate surface area is 110 Å². The van der Waals surface area contributed by atoms with E-state index in [9.17, 15) is 0 Å². The van der Waals surface area contributed by atoms with Gasteiger partial charge in [-0.1, -0.05) is 6.07 Å². The van der Waals surface area contributed by atoms with E-state index < -0.39 is 0 Å². The van der Waals surface area contributed by atoms with Crippen molar-refractivity contribution in [3.8, 4) is 0 Å². The fourth-order valence-electron chi connectivity index (χ4n) is 2.24. The number of rotatable bonds is 3. The van der Waals surface area contributed by atoms with Gasteiger partial charge in [0, 0.05) is 20.0 Å². The standard InChI is InChI=1S/C13H16N6/c1-9-3-4-11-10(7-9)16-13(14)19(11)6-5-12-17-15-8-18(12)2/h3-4,7-8H,5-6H2,1-2H3,(H2,14,16). The molecule has 2 heterocycles. The highest BCUT2D eigenvalue weighted by atomic mass is 15.2. The van der Waals surface area contributed by atoms with Gasteiger partial charge in [-0.15, -0.1) is 10.2 Å². The van der Waals surface area contributed by atoms with Crippen molar-refractivity contribution in [3.63, 3.8) is 0 Å². The van der Waals surface area contributed by atoms with Crippen LogP contribution >= 0.6 is 0 Å². The molecule has 0 aliphatic carbocycles. The zero-order chi connectivity index (χ0) is 13.4. The molecule has 3 aromatic rings. The Kier molecular flexibility index (Phi) is 2.70. The molecule has 3 rings (SSSR count).